The monoisotopic (exact) mass is 322 g/mol. The molecule has 2 aromatic carbocycles. The Labute approximate surface area is 121 Å². The average molecular weight is 323 g/mol. The van der Waals surface area contributed by atoms with Crippen LogP contribution in [0.15, 0.2) is 46.9 Å². The molecule has 4 heteroatoms. The van der Waals surface area contributed by atoms with E-state index in [1.807, 2.05) is 43.3 Å². The summed E-state index contributed by atoms with van der Waals surface area (Å²) in [5, 5.41) is 3.10. The molecule has 0 aliphatic heterocycles. The summed E-state index contributed by atoms with van der Waals surface area (Å²) in [5.74, 6) is -0.242. The van der Waals surface area contributed by atoms with Gasteiger partial charge in [-0.3, -0.25) is 0 Å². The van der Waals surface area contributed by atoms with E-state index in [4.69, 9.17) is 0 Å². The van der Waals surface area contributed by atoms with Crippen molar-refractivity contribution in [2.24, 2.45) is 0 Å². The zero-order chi connectivity index (χ0) is 13.8. The molecule has 0 saturated heterocycles. The van der Waals surface area contributed by atoms with Gasteiger partial charge >= 0.3 is 0 Å². The van der Waals surface area contributed by atoms with E-state index in [9.17, 15) is 4.39 Å². The Morgan fingerprint density at radius 3 is 2.42 bits per heavy atom. The molecule has 2 aromatic rings. The van der Waals surface area contributed by atoms with Gasteiger partial charge < -0.3 is 10.2 Å². The van der Waals surface area contributed by atoms with Crippen molar-refractivity contribution in [3.8, 4) is 0 Å². The minimum Gasteiger partial charge on any atom is -0.379 e. The van der Waals surface area contributed by atoms with E-state index >= 15 is 0 Å². The highest BCUT2D eigenvalue weighted by Gasteiger charge is 2.02. The van der Waals surface area contributed by atoms with Crippen LogP contribution in [0.25, 0.3) is 0 Å². The molecule has 0 heterocycles. The first-order valence-electron chi connectivity index (χ1n) is 6.01. The molecule has 0 saturated carbocycles. The van der Waals surface area contributed by atoms with Gasteiger partial charge in [0.05, 0.1) is 5.69 Å². The summed E-state index contributed by atoms with van der Waals surface area (Å²) in [5.41, 5.74) is 2.77. The summed E-state index contributed by atoms with van der Waals surface area (Å²) in [6.45, 7) is 0.598. The molecule has 0 fully saturated rings. The van der Waals surface area contributed by atoms with Gasteiger partial charge in [-0.15, -0.1) is 0 Å². The van der Waals surface area contributed by atoms with E-state index in [2.05, 4.69) is 21.2 Å². The van der Waals surface area contributed by atoms with Crippen molar-refractivity contribution >= 4 is 27.3 Å². The molecule has 1 N–H and O–H groups in total. The Hall–Kier alpha value is -1.55. The third kappa shape index (κ3) is 3.70. The van der Waals surface area contributed by atoms with E-state index in [1.165, 1.54) is 6.07 Å². The summed E-state index contributed by atoms with van der Waals surface area (Å²) in [6, 6.07) is 13.1. The summed E-state index contributed by atoms with van der Waals surface area (Å²) in [7, 11) is 4.01. The van der Waals surface area contributed by atoms with Crippen molar-refractivity contribution in [2.45, 2.75) is 6.54 Å². The fourth-order valence-corrected chi connectivity index (χ4v) is 2.10. The lowest BCUT2D eigenvalue weighted by atomic mass is 10.2. The molecule has 0 bridgehead atoms. The quantitative estimate of drug-likeness (QED) is 0.904. The molecule has 100 valence electrons. The zero-order valence-electron chi connectivity index (χ0n) is 11.0. The Balaban J connectivity index is 2.04. The van der Waals surface area contributed by atoms with Gasteiger partial charge in [0.15, 0.2) is 0 Å². The van der Waals surface area contributed by atoms with Crippen LogP contribution in [0.5, 0.6) is 0 Å². The van der Waals surface area contributed by atoms with Crippen molar-refractivity contribution in [3.05, 3.63) is 58.3 Å². The second-order valence-corrected chi connectivity index (χ2v) is 5.45. The highest BCUT2D eigenvalue weighted by atomic mass is 79.9. The third-order valence-electron chi connectivity index (χ3n) is 2.86. The SMILES string of the molecule is CN(C)c1ccc(CNc2cc(Br)ccc2F)cc1. The molecule has 2 nitrogen and oxygen atoms in total. The lowest BCUT2D eigenvalue weighted by molar-refractivity contribution is 0.630. The summed E-state index contributed by atoms with van der Waals surface area (Å²) < 4.78 is 14.4. The molecule has 0 amide bonds. The molecule has 0 aliphatic carbocycles. The van der Waals surface area contributed by atoms with Gasteiger partial charge in [-0.25, -0.2) is 4.39 Å². The van der Waals surface area contributed by atoms with Crippen molar-refractivity contribution in [2.75, 3.05) is 24.3 Å². The summed E-state index contributed by atoms with van der Waals surface area (Å²) in [4.78, 5) is 2.05. The number of nitrogens with one attached hydrogen (secondary N) is 1. The van der Waals surface area contributed by atoms with Crippen molar-refractivity contribution < 1.29 is 4.39 Å². The Kier molecular flexibility index (Phi) is 4.43. The molecule has 19 heavy (non-hydrogen) atoms. The minimum absolute atomic E-state index is 0.242. The van der Waals surface area contributed by atoms with E-state index in [0.29, 0.717) is 12.2 Å². The minimum atomic E-state index is -0.242. The lowest BCUT2D eigenvalue weighted by Gasteiger charge is -2.13. The number of benzene rings is 2. The second-order valence-electron chi connectivity index (χ2n) is 4.54. The number of nitrogens with zero attached hydrogens (tertiary/aromatic N) is 1. The predicted molar refractivity (Wildman–Crippen MR) is 82.2 cm³/mol. The molecule has 0 radical (unpaired) electrons. The number of hydrogen-bond donors (Lipinski definition) is 1. The molecule has 0 spiro atoms. The van der Waals surface area contributed by atoms with Crippen LogP contribution in [-0.2, 0) is 6.54 Å². The Bertz CT molecular complexity index is 553. The van der Waals surface area contributed by atoms with Gasteiger partial charge in [-0.2, -0.15) is 0 Å². The van der Waals surface area contributed by atoms with Crippen LogP contribution < -0.4 is 10.2 Å². The van der Waals surface area contributed by atoms with Crippen LogP contribution in [0, 0.1) is 5.82 Å². The molecule has 0 aromatic heterocycles. The van der Waals surface area contributed by atoms with E-state index in [0.717, 1.165) is 15.7 Å². The third-order valence-corrected chi connectivity index (χ3v) is 3.36. The second kappa shape index (κ2) is 6.06. The maximum absolute atomic E-state index is 13.6. The standard InChI is InChI=1S/C15H16BrFN2/c1-19(2)13-6-3-11(4-7-13)10-18-15-9-12(16)5-8-14(15)17/h3-9,18H,10H2,1-2H3. The maximum atomic E-state index is 13.6. The van der Waals surface area contributed by atoms with Crippen molar-refractivity contribution in [1.29, 1.82) is 0 Å². The number of halogens is 2. The normalized spacial score (nSPS) is 10.3. The smallest absolute Gasteiger partial charge is 0.146 e. The molecular weight excluding hydrogens is 307 g/mol. The van der Waals surface area contributed by atoms with Crippen LogP contribution in [-0.4, -0.2) is 14.1 Å². The first-order valence-corrected chi connectivity index (χ1v) is 6.81. The molecule has 2 rings (SSSR count). The van der Waals surface area contributed by atoms with Gasteiger partial charge in [0.1, 0.15) is 5.82 Å². The predicted octanol–water partition coefficient (Wildman–Crippen LogP) is 4.27. The summed E-state index contributed by atoms with van der Waals surface area (Å²) in [6.07, 6.45) is 0. The van der Waals surface area contributed by atoms with Gasteiger partial charge in [0.2, 0.25) is 0 Å². The van der Waals surface area contributed by atoms with Gasteiger partial charge in [-0.1, -0.05) is 28.1 Å². The lowest BCUT2D eigenvalue weighted by Crippen LogP contribution is -2.08. The van der Waals surface area contributed by atoms with Crippen LogP contribution in [0.4, 0.5) is 15.8 Å². The van der Waals surface area contributed by atoms with Crippen molar-refractivity contribution in [1.82, 2.24) is 0 Å². The molecule has 0 atom stereocenters. The van der Waals surface area contributed by atoms with E-state index in [1.54, 1.807) is 12.1 Å². The highest BCUT2D eigenvalue weighted by Crippen LogP contribution is 2.21. The Morgan fingerprint density at radius 1 is 1.11 bits per heavy atom. The fraction of sp³-hybridized carbons (Fsp3) is 0.200. The van der Waals surface area contributed by atoms with Gasteiger partial charge in [-0.05, 0) is 35.9 Å². The number of hydrogen-bond acceptors (Lipinski definition) is 2. The first-order chi connectivity index (χ1) is 9.06. The molecule has 0 aliphatic rings. The molecular formula is C15H16BrFN2. The number of anilines is 2. The van der Waals surface area contributed by atoms with Gasteiger partial charge in [0.25, 0.3) is 0 Å². The highest BCUT2D eigenvalue weighted by molar-refractivity contribution is 9.10. The topological polar surface area (TPSA) is 15.3 Å². The Morgan fingerprint density at radius 2 is 1.79 bits per heavy atom. The zero-order valence-corrected chi connectivity index (χ0v) is 12.5. The van der Waals surface area contributed by atoms with Crippen LogP contribution >= 0.6 is 15.9 Å². The largest absolute Gasteiger partial charge is 0.379 e. The van der Waals surface area contributed by atoms with Crippen LogP contribution in [0.2, 0.25) is 0 Å². The van der Waals surface area contributed by atoms with E-state index in [-0.39, 0.29) is 5.82 Å². The van der Waals surface area contributed by atoms with Crippen molar-refractivity contribution in [3.63, 3.8) is 0 Å². The fourth-order valence-electron chi connectivity index (χ4n) is 1.74. The average Bonchev–Trinajstić information content (AvgIpc) is 2.40. The molecule has 0 unspecified atom stereocenters. The summed E-state index contributed by atoms with van der Waals surface area (Å²) >= 11 is 3.34. The van der Waals surface area contributed by atoms with Crippen LogP contribution in [0.3, 0.4) is 0 Å². The first kappa shape index (κ1) is 13.9. The van der Waals surface area contributed by atoms with Gasteiger partial charge in [0, 0.05) is 30.8 Å². The maximum Gasteiger partial charge on any atom is 0.146 e. The van der Waals surface area contributed by atoms with Crippen LogP contribution in [0.1, 0.15) is 5.56 Å². The van der Waals surface area contributed by atoms with E-state index < -0.39 is 0 Å². The number of rotatable bonds is 4.